The standard InChI is InChI=1S/C12H18Cl2N2/c1-16(2)6-5-10(15)7-9-3-4-11(13)12(14)8-9/h3-4,8,10H,5-7,15H2,1-2H3. The zero-order chi connectivity index (χ0) is 12.1. The van der Waals surface area contributed by atoms with Gasteiger partial charge in [0.1, 0.15) is 0 Å². The van der Waals surface area contributed by atoms with Gasteiger partial charge in [-0.05, 0) is 51.2 Å². The van der Waals surface area contributed by atoms with E-state index in [0.717, 1.165) is 24.9 Å². The van der Waals surface area contributed by atoms with E-state index in [1.165, 1.54) is 0 Å². The molecule has 0 aliphatic rings. The highest BCUT2D eigenvalue weighted by Gasteiger charge is 2.06. The molecule has 0 saturated heterocycles. The molecular weight excluding hydrogens is 243 g/mol. The fourth-order valence-corrected chi connectivity index (χ4v) is 1.82. The van der Waals surface area contributed by atoms with Gasteiger partial charge in [-0.15, -0.1) is 0 Å². The third-order valence-corrected chi connectivity index (χ3v) is 3.17. The fourth-order valence-electron chi connectivity index (χ4n) is 1.50. The van der Waals surface area contributed by atoms with E-state index in [9.17, 15) is 0 Å². The van der Waals surface area contributed by atoms with Crippen LogP contribution in [0.25, 0.3) is 0 Å². The van der Waals surface area contributed by atoms with E-state index in [1.807, 2.05) is 32.3 Å². The number of halogens is 2. The van der Waals surface area contributed by atoms with E-state index < -0.39 is 0 Å². The number of rotatable bonds is 5. The molecule has 4 heteroatoms. The molecule has 1 aromatic carbocycles. The number of hydrogen-bond donors (Lipinski definition) is 1. The molecule has 1 rings (SSSR count). The van der Waals surface area contributed by atoms with Crippen molar-refractivity contribution in [3.05, 3.63) is 33.8 Å². The highest BCUT2D eigenvalue weighted by Crippen LogP contribution is 2.23. The summed E-state index contributed by atoms with van der Waals surface area (Å²) in [6.07, 6.45) is 1.82. The molecule has 0 radical (unpaired) electrons. The predicted octanol–water partition coefficient (Wildman–Crippen LogP) is 2.81. The molecule has 0 fully saturated rings. The van der Waals surface area contributed by atoms with Crippen LogP contribution in [0.1, 0.15) is 12.0 Å². The molecule has 0 amide bonds. The minimum atomic E-state index is 0.166. The SMILES string of the molecule is CN(C)CCC(N)Cc1ccc(Cl)c(Cl)c1. The molecular formula is C12H18Cl2N2. The van der Waals surface area contributed by atoms with E-state index in [-0.39, 0.29) is 6.04 Å². The zero-order valence-electron chi connectivity index (χ0n) is 9.71. The third kappa shape index (κ3) is 4.71. The van der Waals surface area contributed by atoms with Crippen LogP contribution in [0.15, 0.2) is 18.2 Å². The predicted molar refractivity (Wildman–Crippen MR) is 71.3 cm³/mol. The summed E-state index contributed by atoms with van der Waals surface area (Å²) in [7, 11) is 4.09. The molecule has 2 nitrogen and oxygen atoms in total. The van der Waals surface area contributed by atoms with E-state index in [0.29, 0.717) is 10.0 Å². The van der Waals surface area contributed by atoms with Gasteiger partial charge in [-0.3, -0.25) is 0 Å². The van der Waals surface area contributed by atoms with Gasteiger partial charge < -0.3 is 10.6 Å². The Balaban J connectivity index is 2.49. The molecule has 1 unspecified atom stereocenters. The molecule has 0 aliphatic carbocycles. The van der Waals surface area contributed by atoms with Crippen LogP contribution in [0.2, 0.25) is 10.0 Å². The molecule has 2 N–H and O–H groups in total. The van der Waals surface area contributed by atoms with Crippen LogP contribution in [-0.4, -0.2) is 31.6 Å². The van der Waals surface area contributed by atoms with Gasteiger partial charge in [-0.25, -0.2) is 0 Å². The average Bonchev–Trinajstić information content (AvgIpc) is 2.21. The second-order valence-corrected chi connectivity index (χ2v) is 5.12. The van der Waals surface area contributed by atoms with Gasteiger partial charge in [-0.1, -0.05) is 29.3 Å². The number of hydrogen-bond acceptors (Lipinski definition) is 2. The van der Waals surface area contributed by atoms with Crippen molar-refractivity contribution >= 4 is 23.2 Å². The topological polar surface area (TPSA) is 29.3 Å². The van der Waals surface area contributed by atoms with Gasteiger partial charge in [0.05, 0.1) is 10.0 Å². The average molecular weight is 261 g/mol. The molecule has 1 atom stereocenters. The number of nitrogens with zero attached hydrogens (tertiary/aromatic N) is 1. The lowest BCUT2D eigenvalue weighted by Gasteiger charge is -2.15. The van der Waals surface area contributed by atoms with E-state index >= 15 is 0 Å². The summed E-state index contributed by atoms with van der Waals surface area (Å²) in [5.74, 6) is 0. The molecule has 0 aliphatic heterocycles. The lowest BCUT2D eigenvalue weighted by atomic mass is 10.0. The lowest BCUT2D eigenvalue weighted by Crippen LogP contribution is -2.28. The van der Waals surface area contributed by atoms with Crippen LogP contribution < -0.4 is 5.73 Å². The minimum absolute atomic E-state index is 0.166. The molecule has 1 aromatic rings. The molecule has 0 spiro atoms. The van der Waals surface area contributed by atoms with E-state index in [2.05, 4.69) is 4.90 Å². The highest BCUT2D eigenvalue weighted by molar-refractivity contribution is 6.42. The van der Waals surface area contributed by atoms with Crippen molar-refractivity contribution < 1.29 is 0 Å². The van der Waals surface area contributed by atoms with Crippen LogP contribution in [0.3, 0.4) is 0 Å². The quantitative estimate of drug-likeness (QED) is 0.883. The summed E-state index contributed by atoms with van der Waals surface area (Å²) >= 11 is 11.8. The van der Waals surface area contributed by atoms with Gasteiger partial charge in [0, 0.05) is 6.04 Å². The van der Waals surface area contributed by atoms with Crippen molar-refractivity contribution in [2.75, 3.05) is 20.6 Å². The molecule has 0 aromatic heterocycles. The summed E-state index contributed by atoms with van der Waals surface area (Å²) in [4.78, 5) is 2.13. The summed E-state index contributed by atoms with van der Waals surface area (Å²) in [5.41, 5.74) is 7.18. The van der Waals surface area contributed by atoms with Gasteiger partial charge in [0.2, 0.25) is 0 Å². The summed E-state index contributed by atoms with van der Waals surface area (Å²) in [6.45, 7) is 1.00. The van der Waals surface area contributed by atoms with Gasteiger partial charge in [0.25, 0.3) is 0 Å². The van der Waals surface area contributed by atoms with Crippen LogP contribution in [0.4, 0.5) is 0 Å². The first-order valence-corrected chi connectivity index (χ1v) is 6.09. The lowest BCUT2D eigenvalue weighted by molar-refractivity contribution is 0.379. The smallest absolute Gasteiger partial charge is 0.0595 e. The first-order chi connectivity index (χ1) is 7.49. The second kappa shape index (κ2) is 6.45. The largest absolute Gasteiger partial charge is 0.327 e. The molecule has 0 saturated carbocycles. The minimum Gasteiger partial charge on any atom is -0.327 e. The Kier molecular flexibility index (Phi) is 5.56. The summed E-state index contributed by atoms with van der Waals surface area (Å²) in [6, 6.07) is 5.85. The van der Waals surface area contributed by atoms with Gasteiger partial charge in [-0.2, -0.15) is 0 Å². The molecule has 16 heavy (non-hydrogen) atoms. The second-order valence-electron chi connectivity index (χ2n) is 4.30. The highest BCUT2D eigenvalue weighted by atomic mass is 35.5. The summed E-state index contributed by atoms with van der Waals surface area (Å²) < 4.78 is 0. The Labute approximate surface area is 107 Å². The van der Waals surface area contributed by atoms with Crippen molar-refractivity contribution in [3.8, 4) is 0 Å². The van der Waals surface area contributed by atoms with Crippen LogP contribution in [0, 0.1) is 0 Å². The first kappa shape index (κ1) is 13.8. The fraction of sp³-hybridized carbons (Fsp3) is 0.500. The Hall–Kier alpha value is -0.280. The van der Waals surface area contributed by atoms with Gasteiger partial charge in [0.15, 0.2) is 0 Å². The van der Waals surface area contributed by atoms with Crippen molar-refractivity contribution in [2.24, 2.45) is 5.73 Å². The van der Waals surface area contributed by atoms with E-state index in [1.54, 1.807) is 0 Å². The first-order valence-electron chi connectivity index (χ1n) is 5.33. The van der Waals surface area contributed by atoms with Crippen molar-refractivity contribution in [2.45, 2.75) is 18.9 Å². The third-order valence-electron chi connectivity index (χ3n) is 2.43. The van der Waals surface area contributed by atoms with Crippen molar-refractivity contribution in [1.29, 1.82) is 0 Å². The van der Waals surface area contributed by atoms with Crippen molar-refractivity contribution in [1.82, 2.24) is 4.90 Å². The molecule has 0 bridgehead atoms. The molecule has 0 heterocycles. The maximum Gasteiger partial charge on any atom is 0.0595 e. The normalized spacial score (nSPS) is 13.1. The maximum absolute atomic E-state index is 6.04. The maximum atomic E-state index is 6.04. The van der Waals surface area contributed by atoms with E-state index in [4.69, 9.17) is 28.9 Å². The Morgan fingerprint density at radius 2 is 1.94 bits per heavy atom. The zero-order valence-corrected chi connectivity index (χ0v) is 11.2. The monoisotopic (exact) mass is 260 g/mol. The van der Waals surface area contributed by atoms with Crippen LogP contribution in [-0.2, 0) is 6.42 Å². The Morgan fingerprint density at radius 3 is 2.50 bits per heavy atom. The Morgan fingerprint density at radius 1 is 1.25 bits per heavy atom. The Bertz CT molecular complexity index is 340. The van der Waals surface area contributed by atoms with Crippen molar-refractivity contribution in [3.63, 3.8) is 0 Å². The summed E-state index contributed by atoms with van der Waals surface area (Å²) in [5, 5.41) is 1.19. The number of benzene rings is 1. The van der Waals surface area contributed by atoms with Crippen LogP contribution in [0.5, 0.6) is 0 Å². The van der Waals surface area contributed by atoms with Gasteiger partial charge >= 0.3 is 0 Å². The van der Waals surface area contributed by atoms with Crippen LogP contribution >= 0.6 is 23.2 Å². The molecule has 90 valence electrons. The number of nitrogens with two attached hydrogens (primary N) is 1.